The molecule has 3 aromatic rings. The molecule has 0 unspecified atom stereocenters. The van der Waals surface area contributed by atoms with Gasteiger partial charge in [-0.3, -0.25) is 9.78 Å². The number of pyridine rings is 1. The number of carbonyl (C=O) groups excluding carboxylic acids is 1. The Bertz CT molecular complexity index is 770. The predicted octanol–water partition coefficient (Wildman–Crippen LogP) is 3.49. The molecule has 0 bridgehead atoms. The maximum absolute atomic E-state index is 12.1. The SMILES string of the molecule is O=C(Nc1cncc(Br)c1)c1cnc(-c2ccccc2)[nH]1. The Morgan fingerprint density at radius 2 is 1.95 bits per heavy atom. The van der Waals surface area contributed by atoms with Crippen LogP contribution in [-0.4, -0.2) is 20.9 Å². The minimum absolute atomic E-state index is 0.260. The van der Waals surface area contributed by atoms with Crippen molar-refractivity contribution >= 4 is 27.5 Å². The summed E-state index contributed by atoms with van der Waals surface area (Å²) in [7, 11) is 0. The Kier molecular flexibility index (Phi) is 3.79. The van der Waals surface area contributed by atoms with Crippen molar-refractivity contribution in [2.75, 3.05) is 5.32 Å². The van der Waals surface area contributed by atoms with Gasteiger partial charge in [-0.05, 0) is 22.0 Å². The number of aromatic amines is 1. The van der Waals surface area contributed by atoms with Crippen LogP contribution in [0.1, 0.15) is 10.5 Å². The smallest absolute Gasteiger partial charge is 0.273 e. The third-order valence-electron chi connectivity index (χ3n) is 2.83. The van der Waals surface area contributed by atoms with Crippen molar-refractivity contribution in [1.82, 2.24) is 15.0 Å². The van der Waals surface area contributed by atoms with Crippen LogP contribution in [0.4, 0.5) is 5.69 Å². The molecular weight excluding hydrogens is 332 g/mol. The number of rotatable bonds is 3. The number of imidazole rings is 1. The molecule has 0 radical (unpaired) electrons. The van der Waals surface area contributed by atoms with E-state index in [2.05, 4.69) is 36.2 Å². The summed E-state index contributed by atoms with van der Waals surface area (Å²) in [5.74, 6) is 0.401. The summed E-state index contributed by atoms with van der Waals surface area (Å²) in [6.07, 6.45) is 4.75. The number of anilines is 1. The lowest BCUT2D eigenvalue weighted by molar-refractivity contribution is 0.102. The minimum Gasteiger partial charge on any atom is -0.334 e. The zero-order valence-electron chi connectivity index (χ0n) is 10.9. The third-order valence-corrected chi connectivity index (χ3v) is 3.26. The van der Waals surface area contributed by atoms with E-state index in [0.717, 1.165) is 10.0 Å². The second-order valence-corrected chi connectivity index (χ2v) is 5.27. The second-order valence-electron chi connectivity index (χ2n) is 4.36. The van der Waals surface area contributed by atoms with Gasteiger partial charge in [0.05, 0.1) is 18.1 Å². The van der Waals surface area contributed by atoms with Gasteiger partial charge in [-0.25, -0.2) is 4.98 Å². The number of nitrogens with zero attached hydrogens (tertiary/aromatic N) is 2. The lowest BCUT2D eigenvalue weighted by atomic mass is 10.2. The number of nitrogens with one attached hydrogen (secondary N) is 2. The topological polar surface area (TPSA) is 70.7 Å². The number of amides is 1. The first-order valence-electron chi connectivity index (χ1n) is 6.25. The summed E-state index contributed by atoms with van der Waals surface area (Å²) >= 11 is 3.31. The van der Waals surface area contributed by atoms with Crippen molar-refractivity contribution in [2.45, 2.75) is 0 Å². The molecule has 0 aliphatic heterocycles. The minimum atomic E-state index is -0.260. The first kappa shape index (κ1) is 13.5. The normalized spacial score (nSPS) is 10.3. The quantitative estimate of drug-likeness (QED) is 0.765. The molecule has 5 nitrogen and oxygen atoms in total. The van der Waals surface area contributed by atoms with Crippen LogP contribution in [0.2, 0.25) is 0 Å². The Hall–Kier alpha value is -2.47. The Morgan fingerprint density at radius 1 is 1.14 bits per heavy atom. The molecule has 0 spiro atoms. The Balaban J connectivity index is 1.78. The summed E-state index contributed by atoms with van der Waals surface area (Å²) in [6.45, 7) is 0. The van der Waals surface area contributed by atoms with E-state index in [1.807, 2.05) is 30.3 Å². The molecule has 0 atom stereocenters. The van der Waals surface area contributed by atoms with Crippen LogP contribution in [0.25, 0.3) is 11.4 Å². The van der Waals surface area contributed by atoms with Gasteiger partial charge in [-0.1, -0.05) is 30.3 Å². The van der Waals surface area contributed by atoms with Crippen molar-refractivity contribution in [1.29, 1.82) is 0 Å². The molecule has 3 rings (SSSR count). The lowest BCUT2D eigenvalue weighted by Crippen LogP contribution is -2.12. The highest BCUT2D eigenvalue weighted by Gasteiger charge is 2.11. The van der Waals surface area contributed by atoms with Gasteiger partial charge in [0.15, 0.2) is 0 Å². The molecule has 0 aliphatic rings. The highest BCUT2D eigenvalue weighted by atomic mass is 79.9. The molecule has 6 heteroatoms. The molecule has 1 amide bonds. The van der Waals surface area contributed by atoms with Crippen LogP contribution in [0.3, 0.4) is 0 Å². The second kappa shape index (κ2) is 5.88. The zero-order chi connectivity index (χ0) is 14.7. The summed E-state index contributed by atoms with van der Waals surface area (Å²) in [4.78, 5) is 23.4. The largest absolute Gasteiger partial charge is 0.334 e. The highest BCUT2D eigenvalue weighted by Crippen LogP contribution is 2.17. The third kappa shape index (κ3) is 3.17. The molecular formula is C15H11BrN4O. The van der Waals surface area contributed by atoms with Gasteiger partial charge in [0.2, 0.25) is 0 Å². The number of benzene rings is 1. The van der Waals surface area contributed by atoms with Crippen molar-refractivity contribution < 1.29 is 4.79 Å². The summed E-state index contributed by atoms with van der Waals surface area (Å²) < 4.78 is 0.801. The van der Waals surface area contributed by atoms with Gasteiger partial charge in [0, 0.05) is 16.2 Å². The number of aromatic nitrogens is 3. The highest BCUT2D eigenvalue weighted by molar-refractivity contribution is 9.10. The summed E-state index contributed by atoms with van der Waals surface area (Å²) in [5.41, 5.74) is 1.94. The van der Waals surface area contributed by atoms with Crippen LogP contribution in [0, 0.1) is 0 Å². The Labute approximate surface area is 129 Å². The molecule has 2 N–H and O–H groups in total. The van der Waals surface area contributed by atoms with E-state index in [4.69, 9.17) is 0 Å². The zero-order valence-corrected chi connectivity index (χ0v) is 12.5. The van der Waals surface area contributed by atoms with Crippen molar-refractivity contribution in [3.8, 4) is 11.4 Å². The standard InChI is InChI=1S/C15H11BrN4O/c16-11-6-12(8-17-7-11)19-15(21)13-9-18-14(20-13)10-4-2-1-3-5-10/h1-9H,(H,18,20)(H,19,21). The fraction of sp³-hybridized carbons (Fsp3) is 0. The van der Waals surface area contributed by atoms with Crippen LogP contribution >= 0.6 is 15.9 Å². The van der Waals surface area contributed by atoms with E-state index in [1.165, 1.54) is 6.20 Å². The fourth-order valence-corrected chi connectivity index (χ4v) is 2.22. The number of hydrogen-bond donors (Lipinski definition) is 2. The number of hydrogen-bond acceptors (Lipinski definition) is 3. The molecule has 0 saturated heterocycles. The molecule has 0 aliphatic carbocycles. The van der Waals surface area contributed by atoms with Crippen LogP contribution < -0.4 is 5.32 Å². The monoisotopic (exact) mass is 342 g/mol. The average Bonchev–Trinajstić information content (AvgIpc) is 2.98. The van der Waals surface area contributed by atoms with Crippen molar-refractivity contribution in [3.05, 3.63) is 65.2 Å². The van der Waals surface area contributed by atoms with Gasteiger partial charge in [-0.15, -0.1) is 0 Å². The molecule has 104 valence electrons. The van der Waals surface area contributed by atoms with Crippen LogP contribution in [0.15, 0.2) is 59.5 Å². The molecule has 2 aromatic heterocycles. The number of halogens is 1. The lowest BCUT2D eigenvalue weighted by Gasteiger charge is -2.03. The van der Waals surface area contributed by atoms with Crippen LogP contribution in [0.5, 0.6) is 0 Å². The van der Waals surface area contributed by atoms with E-state index in [0.29, 0.717) is 17.2 Å². The van der Waals surface area contributed by atoms with Gasteiger partial charge in [0.1, 0.15) is 11.5 Å². The summed E-state index contributed by atoms with van der Waals surface area (Å²) in [6, 6.07) is 11.4. The first-order valence-corrected chi connectivity index (χ1v) is 7.04. The van der Waals surface area contributed by atoms with E-state index in [9.17, 15) is 4.79 Å². The van der Waals surface area contributed by atoms with Gasteiger partial charge < -0.3 is 10.3 Å². The van der Waals surface area contributed by atoms with E-state index >= 15 is 0 Å². The molecule has 2 heterocycles. The van der Waals surface area contributed by atoms with Crippen LogP contribution in [-0.2, 0) is 0 Å². The van der Waals surface area contributed by atoms with Gasteiger partial charge in [-0.2, -0.15) is 0 Å². The molecule has 0 saturated carbocycles. The van der Waals surface area contributed by atoms with Gasteiger partial charge in [0.25, 0.3) is 5.91 Å². The maximum atomic E-state index is 12.1. The predicted molar refractivity (Wildman–Crippen MR) is 83.9 cm³/mol. The van der Waals surface area contributed by atoms with E-state index < -0.39 is 0 Å². The van der Waals surface area contributed by atoms with E-state index in [-0.39, 0.29) is 5.91 Å². The fourth-order valence-electron chi connectivity index (χ4n) is 1.86. The Morgan fingerprint density at radius 3 is 2.71 bits per heavy atom. The summed E-state index contributed by atoms with van der Waals surface area (Å²) in [5, 5.41) is 2.76. The van der Waals surface area contributed by atoms with E-state index in [1.54, 1.807) is 18.5 Å². The number of H-pyrrole nitrogens is 1. The molecule has 0 fully saturated rings. The molecule has 1 aromatic carbocycles. The number of carbonyl (C=O) groups is 1. The average molecular weight is 343 g/mol. The van der Waals surface area contributed by atoms with Crippen molar-refractivity contribution in [2.24, 2.45) is 0 Å². The first-order chi connectivity index (χ1) is 10.2. The maximum Gasteiger partial charge on any atom is 0.273 e. The molecule has 21 heavy (non-hydrogen) atoms. The van der Waals surface area contributed by atoms with Crippen molar-refractivity contribution in [3.63, 3.8) is 0 Å². The van der Waals surface area contributed by atoms with Gasteiger partial charge >= 0.3 is 0 Å².